The summed E-state index contributed by atoms with van der Waals surface area (Å²) in [4.78, 5) is 30.1. The lowest BCUT2D eigenvalue weighted by molar-refractivity contribution is -0.120. The van der Waals surface area contributed by atoms with Gasteiger partial charge in [-0.05, 0) is 42.3 Å². The summed E-state index contributed by atoms with van der Waals surface area (Å²) in [5.41, 5.74) is 2.03. The van der Waals surface area contributed by atoms with Gasteiger partial charge in [0.05, 0.1) is 24.5 Å². The van der Waals surface area contributed by atoms with E-state index in [-0.39, 0.29) is 11.3 Å². The van der Waals surface area contributed by atoms with Gasteiger partial charge in [0.2, 0.25) is 0 Å². The highest BCUT2D eigenvalue weighted by atomic mass is 35.5. The van der Waals surface area contributed by atoms with E-state index in [4.69, 9.17) is 21.1 Å². The largest absolute Gasteiger partial charge is 0.383 e. The monoisotopic (exact) mass is 446 g/mol. The molecule has 0 saturated heterocycles. The molecule has 0 bridgehead atoms. The number of aryl methyl sites for hydroxylation is 1. The van der Waals surface area contributed by atoms with Gasteiger partial charge in [0.25, 0.3) is 11.8 Å². The van der Waals surface area contributed by atoms with Crippen LogP contribution in [0, 0.1) is 12.7 Å². The zero-order chi connectivity index (χ0) is 22.5. The van der Waals surface area contributed by atoms with Crippen molar-refractivity contribution in [3.05, 3.63) is 70.1 Å². The number of hydrogen-bond donors (Lipinski definition) is 0. The molecule has 3 rings (SSSR count). The van der Waals surface area contributed by atoms with Crippen molar-refractivity contribution in [1.29, 1.82) is 0 Å². The first-order valence-electron chi connectivity index (χ1n) is 9.77. The van der Waals surface area contributed by atoms with Crippen molar-refractivity contribution in [2.45, 2.75) is 6.92 Å². The van der Waals surface area contributed by atoms with E-state index in [0.717, 1.165) is 10.5 Å². The molecule has 0 aromatic heterocycles. The predicted molar refractivity (Wildman–Crippen MR) is 117 cm³/mol. The van der Waals surface area contributed by atoms with Crippen molar-refractivity contribution in [1.82, 2.24) is 4.90 Å². The molecule has 0 atom stereocenters. The van der Waals surface area contributed by atoms with E-state index in [2.05, 4.69) is 0 Å². The fourth-order valence-electron chi connectivity index (χ4n) is 3.47. The minimum atomic E-state index is -0.489. The highest BCUT2D eigenvalue weighted by molar-refractivity contribution is 6.45. The van der Waals surface area contributed by atoms with Crippen LogP contribution in [0.1, 0.15) is 11.1 Å². The topological polar surface area (TPSA) is 59.1 Å². The lowest BCUT2D eigenvalue weighted by atomic mass is 10.0. The Labute approximate surface area is 185 Å². The highest BCUT2D eigenvalue weighted by Crippen LogP contribution is 2.37. The maximum Gasteiger partial charge on any atom is 0.282 e. The molecule has 0 fully saturated rings. The quantitative estimate of drug-likeness (QED) is 0.550. The summed E-state index contributed by atoms with van der Waals surface area (Å²) in [5.74, 6) is -1.39. The van der Waals surface area contributed by atoms with Crippen molar-refractivity contribution in [3.63, 3.8) is 0 Å². The Morgan fingerprint density at radius 2 is 1.58 bits per heavy atom. The number of hydrogen-bond acceptors (Lipinski definition) is 5. The third kappa shape index (κ3) is 4.79. The number of imide groups is 1. The first-order valence-corrected chi connectivity index (χ1v) is 10.1. The molecule has 1 aliphatic rings. The Morgan fingerprint density at radius 1 is 0.968 bits per heavy atom. The Bertz CT molecular complexity index is 999. The van der Waals surface area contributed by atoms with Gasteiger partial charge in [0, 0.05) is 32.3 Å². The van der Waals surface area contributed by atoms with Gasteiger partial charge in [0.1, 0.15) is 11.5 Å². The van der Waals surface area contributed by atoms with Gasteiger partial charge in [-0.1, -0.05) is 29.8 Å². The molecule has 0 N–H and O–H groups in total. The van der Waals surface area contributed by atoms with Gasteiger partial charge < -0.3 is 14.4 Å². The average Bonchev–Trinajstić information content (AvgIpc) is 3.01. The fourth-order valence-corrected chi connectivity index (χ4v) is 3.64. The zero-order valence-corrected chi connectivity index (χ0v) is 18.4. The summed E-state index contributed by atoms with van der Waals surface area (Å²) < 4.78 is 23.9. The Hall–Kier alpha value is -2.74. The summed E-state index contributed by atoms with van der Waals surface area (Å²) in [6.45, 7) is 3.25. The fraction of sp³-hybridized carbons (Fsp3) is 0.304. The summed E-state index contributed by atoms with van der Waals surface area (Å²) in [6.07, 6.45) is 0. The summed E-state index contributed by atoms with van der Waals surface area (Å²) in [6, 6.07) is 10.6. The standard InChI is InChI=1S/C23H24ClFN2O4/c1-15-4-7-17(24)14-19(15)27-22(28)20(16-5-8-18(25)9-6-16)21(23(27)29)26(10-12-30-2)11-13-31-3/h4-9,14H,10-13H2,1-3H3. The van der Waals surface area contributed by atoms with Crippen LogP contribution in [0.2, 0.25) is 5.02 Å². The van der Waals surface area contributed by atoms with Crippen molar-refractivity contribution in [3.8, 4) is 0 Å². The SMILES string of the molecule is COCCN(CCOC)C1=C(c2ccc(F)cc2)C(=O)N(c2cc(Cl)ccc2C)C1=O. The van der Waals surface area contributed by atoms with Gasteiger partial charge >= 0.3 is 0 Å². The van der Waals surface area contributed by atoms with Crippen molar-refractivity contribution >= 4 is 34.7 Å². The van der Waals surface area contributed by atoms with Crippen LogP contribution < -0.4 is 4.90 Å². The molecule has 1 aliphatic heterocycles. The lowest BCUT2D eigenvalue weighted by Gasteiger charge is -2.26. The molecule has 0 spiro atoms. The number of amides is 2. The van der Waals surface area contributed by atoms with Crippen LogP contribution >= 0.6 is 11.6 Å². The highest BCUT2D eigenvalue weighted by Gasteiger charge is 2.42. The molecule has 31 heavy (non-hydrogen) atoms. The second kappa shape index (κ2) is 10.0. The Balaban J connectivity index is 2.16. The molecule has 2 aromatic rings. The van der Waals surface area contributed by atoms with Crippen molar-refractivity contribution in [2.24, 2.45) is 0 Å². The van der Waals surface area contributed by atoms with Gasteiger partial charge in [-0.3, -0.25) is 9.59 Å². The third-order valence-corrected chi connectivity index (χ3v) is 5.29. The van der Waals surface area contributed by atoms with Crippen LogP contribution in [-0.2, 0) is 19.1 Å². The van der Waals surface area contributed by atoms with E-state index in [9.17, 15) is 14.0 Å². The van der Waals surface area contributed by atoms with Crippen LogP contribution in [0.4, 0.5) is 10.1 Å². The smallest absolute Gasteiger partial charge is 0.282 e. The number of carbonyl (C=O) groups excluding carboxylic acids is 2. The van der Waals surface area contributed by atoms with E-state index >= 15 is 0 Å². The zero-order valence-electron chi connectivity index (χ0n) is 17.7. The number of benzene rings is 2. The van der Waals surface area contributed by atoms with Crippen LogP contribution in [0.5, 0.6) is 0 Å². The van der Waals surface area contributed by atoms with Crippen LogP contribution in [0.25, 0.3) is 5.57 Å². The number of rotatable bonds is 9. The maximum absolute atomic E-state index is 13.6. The van der Waals surface area contributed by atoms with E-state index in [0.29, 0.717) is 42.6 Å². The number of methoxy groups -OCH3 is 2. The normalized spacial score (nSPS) is 14.0. The molecule has 0 saturated carbocycles. The molecule has 0 aliphatic carbocycles. The molecular weight excluding hydrogens is 423 g/mol. The average molecular weight is 447 g/mol. The summed E-state index contributed by atoms with van der Waals surface area (Å²) in [7, 11) is 3.13. The van der Waals surface area contributed by atoms with E-state index in [1.807, 2.05) is 0 Å². The number of halogens is 2. The lowest BCUT2D eigenvalue weighted by Crippen LogP contribution is -2.38. The minimum Gasteiger partial charge on any atom is -0.383 e. The first kappa shape index (κ1) is 22.9. The van der Waals surface area contributed by atoms with Crippen LogP contribution in [0.15, 0.2) is 48.2 Å². The molecule has 0 unspecified atom stereocenters. The first-order chi connectivity index (χ1) is 14.9. The van der Waals surface area contributed by atoms with Crippen molar-refractivity contribution < 1.29 is 23.5 Å². The Morgan fingerprint density at radius 3 is 2.16 bits per heavy atom. The number of nitrogens with zero attached hydrogens (tertiary/aromatic N) is 2. The summed E-state index contributed by atoms with van der Waals surface area (Å²) >= 11 is 6.15. The van der Waals surface area contributed by atoms with E-state index in [1.165, 1.54) is 24.3 Å². The molecule has 8 heteroatoms. The molecular formula is C23H24ClFN2O4. The van der Waals surface area contributed by atoms with Gasteiger partial charge in [-0.25, -0.2) is 9.29 Å². The van der Waals surface area contributed by atoms with E-state index < -0.39 is 17.6 Å². The van der Waals surface area contributed by atoms with Gasteiger partial charge in [0.15, 0.2) is 0 Å². The molecule has 2 amide bonds. The predicted octanol–water partition coefficient (Wildman–Crippen LogP) is 3.67. The molecule has 2 aromatic carbocycles. The molecule has 1 heterocycles. The number of anilines is 1. The van der Waals surface area contributed by atoms with Gasteiger partial charge in [-0.2, -0.15) is 0 Å². The Kier molecular flexibility index (Phi) is 7.43. The number of carbonyl (C=O) groups is 2. The maximum atomic E-state index is 13.6. The second-order valence-corrected chi connectivity index (χ2v) is 7.52. The molecule has 164 valence electrons. The van der Waals surface area contributed by atoms with Crippen molar-refractivity contribution in [2.75, 3.05) is 45.4 Å². The minimum absolute atomic E-state index is 0.205. The van der Waals surface area contributed by atoms with Gasteiger partial charge in [-0.15, -0.1) is 0 Å². The second-order valence-electron chi connectivity index (χ2n) is 7.08. The third-order valence-electron chi connectivity index (χ3n) is 5.05. The van der Waals surface area contributed by atoms with Crippen LogP contribution in [-0.4, -0.2) is 57.2 Å². The van der Waals surface area contributed by atoms with Crippen LogP contribution in [0.3, 0.4) is 0 Å². The number of ether oxygens (including phenoxy) is 2. The van der Waals surface area contributed by atoms with E-state index in [1.54, 1.807) is 44.2 Å². The molecule has 0 radical (unpaired) electrons. The molecule has 6 nitrogen and oxygen atoms in total. The summed E-state index contributed by atoms with van der Waals surface area (Å²) in [5, 5.41) is 0.411.